The molecule has 124 valence electrons. The van der Waals surface area contributed by atoms with Crippen molar-refractivity contribution in [3.05, 3.63) is 28.7 Å². The Morgan fingerprint density at radius 1 is 1.42 bits per heavy atom. The first-order valence-corrected chi connectivity index (χ1v) is 8.83. The first kappa shape index (κ1) is 14.8. The third-order valence-corrected chi connectivity index (χ3v) is 4.28. The first-order chi connectivity index (χ1) is 11.5. The van der Waals surface area contributed by atoms with E-state index in [1.54, 1.807) is 12.3 Å². The van der Waals surface area contributed by atoms with Crippen LogP contribution in [0.5, 0.6) is 11.8 Å². The van der Waals surface area contributed by atoms with E-state index in [-0.39, 0.29) is 23.0 Å². The molecule has 0 radical (unpaired) electrons. The number of nitrogens with one attached hydrogen (secondary N) is 1. The van der Waals surface area contributed by atoms with Gasteiger partial charge in [0.2, 0.25) is 5.16 Å². The molecule has 0 aliphatic heterocycles. The van der Waals surface area contributed by atoms with Gasteiger partial charge in [-0.15, -0.1) is 0 Å². The minimum atomic E-state index is -1.36. The van der Waals surface area contributed by atoms with Crippen molar-refractivity contribution in [2.45, 2.75) is 24.0 Å². The molecule has 0 spiro atoms. The van der Waals surface area contributed by atoms with Crippen LogP contribution in [0, 0.1) is 0 Å². The first-order valence-electron chi connectivity index (χ1n) is 7.27. The molecule has 0 saturated heterocycles. The van der Waals surface area contributed by atoms with E-state index in [1.807, 2.05) is 0 Å². The van der Waals surface area contributed by atoms with Crippen molar-refractivity contribution >= 4 is 22.5 Å². The Hall–Kier alpha value is -2.75. The molecular weight excluding hydrogens is 332 g/mol. The number of hydrogen-bond acceptors (Lipinski definition) is 7. The normalized spacial score (nSPS) is 17.7. The second-order valence-electron chi connectivity index (χ2n) is 5.56. The van der Waals surface area contributed by atoms with Crippen molar-refractivity contribution in [1.29, 1.82) is 0 Å². The molecule has 1 fully saturated rings. The number of rotatable bonds is 3. The van der Waals surface area contributed by atoms with E-state index in [0.717, 1.165) is 12.8 Å². The Morgan fingerprint density at radius 3 is 2.83 bits per heavy atom. The fourth-order valence-electron chi connectivity index (χ4n) is 2.27. The van der Waals surface area contributed by atoms with E-state index in [9.17, 15) is 14.4 Å². The Labute approximate surface area is 137 Å². The minimum absolute atomic E-state index is 0.148. The smallest absolute Gasteiger partial charge is 0.250 e. The maximum absolute atomic E-state index is 11.8. The van der Waals surface area contributed by atoms with E-state index in [2.05, 4.69) is 25.0 Å². The van der Waals surface area contributed by atoms with Crippen molar-refractivity contribution in [1.82, 2.24) is 24.6 Å². The molecule has 3 aromatic heterocycles. The zero-order chi connectivity index (χ0) is 16.8. The molecule has 0 bridgehead atoms. The standard InChI is InChI=1S/C14H14N6O3S/c1-24(23)14-18-11-8(4-7-5-10(21)17-12(7)22)6-15-20(11)13(19-14)16-9-2-3-9/h4-6,9,17,21-22H,2-3H2,1H3. The predicted octanol–water partition coefficient (Wildman–Crippen LogP) is -0.788. The molecule has 1 saturated carbocycles. The molecule has 4 rings (SSSR count). The summed E-state index contributed by atoms with van der Waals surface area (Å²) in [6.07, 6.45) is 6.69. The molecule has 1 aliphatic carbocycles. The van der Waals surface area contributed by atoms with E-state index in [0.29, 0.717) is 22.0 Å². The highest BCUT2D eigenvalue weighted by Gasteiger charge is 2.21. The summed E-state index contributed by atoms with van der Waals surface area (Å²) in [7, 11) is -1.36. The van der Waals surface area contributed by atoms with Gasteiger partial charge in [0.25, 0.3) is 5.62 Å². The lowest BCUT2D eigenvalue weighted by Gasteiger charge is -1.98. The van der Waals surface area contributed by atoms with Gasteiger partial charge in [-0.1, -0.05) is 0 Å². The highest BCUT2D eigenvalue weighted by atomic mass is 32.2. The summed E-state index contributed by atoms with van der Waals surface area (Å²) in [5, 5.41) is 24.2. The van der Waals surface area contributed by atoms with Crippen molar-refractivity contribution in [3.8, 4) is 11.8 Å². The van der Waals surface area contributed by atoms with E-state index in [1.165, 1.54) is 16.8 Å². The van der Waals surface area contributed by atoms with Gasteiger partial charge >= 0.3 is 0 Å². The van der Waals surface area contributed by atoms with Crippen LogP contribution in [0.15, 0.2) is 22.4 Å². The molecule has 1 aliphatic rings. The van der Waals surface area contributed by atoms with E-state index >= 15 is 0 Å². The lowest BCUT2D eigenvalue weighted by molar-refractivity contribution is 0.425. The van der Waals surface area contributed by atoms with Crippen LogP contribution in [-0.2, 0) is 10.8 Å². The van der Waals surface area contributed by atoms with E-state index in [4.69, 9.17) is 0 Å². The molecule has 1 atom stereocenters. The van der Waals surface area contributed by atoms with Gasteiger partial charge in [-0.3, -0.25) is 9.19 Å². The molecule has 3 heterocycles. The minimum Gasteiger partial charge on any atom is -0.494 e. The Morgan fingerprint density at radius 2 is 2.21 bits per heavy atom. The summed E-state index contributed by atoms with van der Waals surface area (Å²) in [4.78, 5) is 15.4. The van der Waals surface area contributed by atoms with Gasteiger partial charge in [0, 0.05) is 23.1 Å². The largest absolute Gasteiger partial charge is 0.494 e. The summed E-state index contributed by atoms with van der Waals surface area (Å²) < 4.78 is 13.3. The molecule has 3 aromatic rings. The van der Waals surface area contributed by atoms with Crippen molar-refractivity contribution in [2.75, 3.05) is 6.26 Å². The summed E-state index contributed by atoms with van der Waals surface area (Å²) >= 11 is 0. The third-order valence-electron chi connectivity index (χ3n) is 3.58. The average molecular weight is 346 g/mol. The van der Waals surface area contributed by atoms with Crippen molar-refractivity contribution in [2.24, 2.45) is 4.99 Å². The third kappa shape index (κ3) is 2.64. The van der Waals surface area contributed by atoms with Crippen LogP contribution in [0.4, 0.5) is 0 Å². The zero-order valence-electron chi connectivity index (χ0n) is 12.7. The number of fused-ring (bicyclic) bond motifs is 1. The van der Waals surface area contributed by atoms with Gasteiger partial charge in [-0.2, -0.15) is 19.6 Å². The second-order valence-corrected chi connectivity index (χ2v) is 6.83. The Bertz CT molecular complexity index is 1080. The molecule has 3 N–H and O–H groups in total. The molecule has 24 heavy (non-hydrogen) atoms. The van der Waals surface area contributed by atoms with Crippen molar-refractivity contribution < 1.29 is 14.4 Å². The van der Waals surface area contributed by atoms with Gasteiger partial charge in [0.15, 0.2) is 17.4 Å². The highest BCUT2D eigenvalue weighted by molar-refractivity contribution is 7.84. The fourth-order valence-corrected chi connectivity index (χ4v) is 2.69. The van der Waals surface area contributed by atoms with Crippen LogP contribution in [0.1, 0.15) is 18.4 Å². The quantitative estimate of drug-likeness (QED) is 0.570. The number of aromatic hydroxyl groups is 2. The number of aromatic nitrogens is 5. The van der Waals surface area contributed by atoms with Gasteiger partial charge in [-0.25, -0.2) is 4.99 Å². The fraction of sp³-hybridized carbons (Fsp3) is 0.286. The maximum Gasteiger partial charge on any atom is 0.250 e. The molecule has 1 unspecified atom stereocenters. The van der Waals surface area contributed by atoms with Gasteiger partial charge in [0.05, 0.1) is 23.0 Å². The monoisotopic (exact) mass is 346 g/mol. The van der Waals surface area contributed by atoms with Crippen LogP contribution >= 0.6 is 0 Å². The zero-order valence-corrected chi connectivity index (χ0v) is 13.5. The molecular formula is C14H14N6O3S. The van der Waals surface area contributed by atoms with Crippen LogP contribution < -0.4 is 10.8 Å². The Kier molecular flexibility index (Phi) is 3.34. The van der Waals surface area contributed by atoms with E-state index < -0.39 is 10.8 Å². The van der Waals surface area contributed by atoms with Crippen LogP contribution in [-0.4, -0.2) is 51.3 Å². The van der Waals surface area contributed by atoms with Crippen molar-refractivity contribution in [3.63, 3.8) is 0 Å². The van der Waals surface area contributed by atoms with Crippen LogP contribution in [0.3, 0.4) is 0 Å². The number of H-pyrrole nitrogens is 1. The topological polar surface area (TPSA) is 129 Å². The Balaban J connectivity index is 1.99. The summed E-state index contributed by atoms with van der Waals surface area (Å²) in [6.45, 7) is 0. The SMILES string of the molecule is CS(=O)c1nc(=NC2CC2)n2ncc(=Cc3cc(O)[nH]c3O)c2n1. The predicted molar refractivity (Wildman–Crippen MR) is 84.6 cm³/mol. The van der Waals surface area contributed by atoms with Gasteiger partial charge in [-0.05, 0) is 18.9 Å². The lowest BCUT2D eigenvalue weighted by atomic mass is 10.2. The lowest BCUT2D eigenvalue weighted by Crippen LogP contribution is -2.25. The number of nitrogens with zero attached hydrogens (tertiary/aromatic N) is 5. The molecule has 0 amide bonds. The maximum atomic E-state index is 11.8. The molecule has 9 nitrogen and oxygen atoms in total. The van der Waals surface area contributed by atoms with Gasteiger partial charge < -0.3 is 10.2 Å². The molecule has 10 heteroatoms. The molecule has 0 aromatic carbocycles. The summed E-state index contributed by atoms with van der Waals surface area (Å²) in [5.41, 5.74) is 1.20. The summed E-state index contributed by atoms with van der Waals surface area (Å²) in [5.74, 6) is -0.312. The number of aromatic amines is 1. The number of hydrogen-bond donors (Lipinski definition) is 3. The van der Waals surface area contributed by atoms with Crippen LogP contribution in [0.2, 0.25) is 0 Å². The van der Waals surface area contributed by atoms with Crippen LogP contribution in [0.25, 0.3) is 11.7 Å². The summed E-state index contributed by atoms with van der Waals surface area (Å²) in [6, 6.07) is 1.61. The second kappa shape index (κ2) is 5.41. The van der Waals surface area contributed by atoms with Gasteiger partial charge in [0.1, 0.15) is 0 Å². The highest BCUT2D eigenvalue weighted by Crippen LogP contribution is 2.23. The average Bonchev–Trinajstić information content (AvgIpc) is 3.16.